The molecule has 3 N–H and O–H groups in total. The van der Waals surface area contributed by atoms with Crippen molar-refractivity contribution in [1.82, 2.24) is 10.6 Å². The first kappa shape index (κ1) is 20.9. The maximum absolute atomic E-state index is 12.2. The molecule has 2 amide bonds. The molecular formula is C22H22N2O6. The number of fused-ring (bicyclic) bond motifs is 3. The van der Waals surface area contributed by atoms with Crippen molar-refractivity contribution in [2.45, 2.75) is 12.0 Å². The van der Waals surface area contributed by atoms with Gasteiger partial charge in [0.15, 0.2) is 0 Å². The summed E-state index contributed by atoms with van der Waals surface area (Å²) in [5, 5.41) is 13.8. The Morgan fingerprint density at radius 3 is 2.17 bits per heavy atom. The van der Waals surface area contributed by atoms with E-state index in [0.29, 0.717) is 0 Å². The van der Waals surface area contributed by atoms with Crippen LogP contribution in [0.4, 0.5) is 9.59 Å². The Morgan fingerprint density at radius 1 is 1.00 bits per heavy atom. The van der Waals surface area contributed by atoms with Crippen molar-refractivity contribution < 1.29 is 29.0 Å². The quantitative estimate of drug-likeness (QED) is 0.577. The van der Waals surface area contributed by atoms with E-state index in [1.807, 2.05) is 48.5 Å². The molecule has 30 heavy (non-hydrogen) atoms. The lowest BCUT2D eigenvalue weighted by Gasteiger charge is -2.17. The van der Waals surface area contributed by atoms with Gasteiger partial charge in [0.05, 0.1) is 6.54 Å². The van der Waals surface area contributed by atoms with Crippen LogP contribution in [0.5, 0.6) is 0 Å². The van der Waals surface area contributed by atoms with E-state index in [1.54, 1.807) is 0 Å². The van der Waals surface area contributed by atoms with Gasteiger partial charge in [0, 0.05) is 5.92 Å². The monoisotopic (exact) mass is 410 g/mol. The zero-order valence-electron chi connectivity index (χ0n) is 16.2. The van der Waals surface area contributed by atoms with Crippen LogP contribution in [0, 0.1) is 0 Å². The van der Waals surface area contributed by atoms with Gasteiger partial charge in [-0.05, 0) is 22.3 Å². The van der Waals surface area contributed by atoms with Crippen molar-refractivity contribution in [2.75, 3.05) is 19.8 Å². The molecule has 0 fully saturated rings. The summed E-state index contributed by atoms with van der Waals surface area (Å²) in [6, 6.07) is 14.4. The fourth-order valence-electron chi connectivity index (χ4n) is 3.35. The van der Waals surface area contributed by atoms with Crippen LogP contribution in [-0.2, 0) is 14.3 Å². The molecule has 8 heteroatoms. The number of alkyl carbamates (subject to hydrolysis) is 2. The van der Waals surface area contributed by atoms with E-state index in [9.17, 15) is 19.5 Å². The Hall–Kier alpha value is -3.81. The number of carbonyl (C=O) groups excluding carboxylic acids is 2. The molecule has 0 saturated carbocycles. The van der Waals surface area contributed by atoms with E-state index in [4.69, 9.17) is 9.47 Å². The van der Waals surface area contributed by atoms with Crippen LogP contribution >= 0.6 is 0 Å². The van der Waals surface area contributed by atoms with Gasteiger partial charge in [0.25, 0.3) is 0 Å². The first-order valence-corrected chi connectivity index (χ1v) is 9.37. The molecule has 0 aromatic heterocycles. The van der Waals surface area contributed by atoms with Gasteiger partial charge in [-0.1, -0.05) is 61.2 Å². The Labute approximate surface area is 173 Å². The number of rotatable bonds is 8. The number of carbonyl (C=O) groups is 3. The van der Waals surface area contributed by atoms with E-state index in [-0.39, 0.29) is 25.7 Å². The SMILES string of the molecule is C=CCOC(=O)NC[C@@H](NC(=O)OCC1c2ccccc2-c2ccccc21)C(=O)O. The van der Waals surface area contributed by atoms with E-state index < -0.39 is 24.2 Å². The lowest BCUT2D eigenvalue weighted by Crippen LogP contribution is -2.48. The van der Waals surface area contributed by atoms with Gasteiger partial charge in [-0.3, -0.25) is 0 Å². The maximum Gasteiger partial charge on any atom is 0.407 e. The summed E-state index contributed by atoms with van der Waals surface area (Å²) >= 11 is 0. The van der Waals surface area contributed by atoms with Gasteiger partial charge in [0.2, 0.25) is 0 Å². The Balaban J connectivity index is 1.59. The number of nitrogens with one attached hydrogen (secondary N) is 2. The topological polar surface area (TPSA) is 114 Å². The molecule has 0 heterocycles. The van der Waals surface area contributed by atoms with Gasteiger partial charge in [-0.25, -0.2) is 14.4 Å². The molecule has 1 aliphatic rings. The Bertz CT molecular complexity index is 913. The minimum absolute atomic E-state index is 0.0105. The van der Waals surface area contributed by atoms with Crippen molar-refractivity contribution >= 4 is 18.2 Å². The number of aliphatic carboxylic acids is 1. The molecule has 0 bridgehead atoms. The molecule has 2 aromatic rings. The molecule has 2 aromatic carbocycles. The van der Waals surface area contributed by atoms with E-state index >= 15 is 0 Å². The van der Waals surface area contributed by atoms with Crippen LogP contribution in [0.25, 0.3) is 11.1 Å². The van der Waals surface area contributed by atoms with Gasteiger partial charge < -0.3 is 25.2 Å². The van der Waals surface area contributed by atoms with Gasteiger partial charge in [-0.15, -0.1) is 0 Å². The molecule has 3 rings (SSSR count). The second-order valence-electron chi connectivity index (χ2n) is 6.63. The summed E-state index contributed by atoms with van der Waals surface area (Å²) in [5.74, 6) is -1.45. The zero-order valence-corrected chi connectivity index (χ0v) is 16.2. The van der Waals surface area contributed by atoms with Crippen molar-refractivity contribution in [3.8, 4) is 11.1 Å². The van der Waals surface area contributed by atoms with E-state index in [0.717, 1.165) is 22.3 Å². The largest absolute Gasteiger partial charge is 0.480 e. The summed E-state index contributed by atoms with van der Waals surface area (Å²) in [4.78, 5) is 35.0. The smallest absolute Gasteiger partial charge is 0.407 e. The fourth-order valence-corrected chi connectivity index (χ4v) is 3.35. The summed E-state index contributed by atoms with van der Waals surface area (Å²) in [7, 11) is 0. The minimum Gasteiger partial charge on any atom is -0.480 e. The number of amides is 2. The first-order chi connectivity index (χ1) is 14.5. The molecule has 1 aliphatic carbocycles. The highest BCUT2D eigenvalue weighted by Gasteiger charge is 2.29. The van der Waals surface area contributed by atoms with Crippen LogP contribution in [0.1, 0.15) is 17.0 Å². The number of hydrogen-bond donors (Lipinski definition) is 3. The fraction of sp³-hybridized carbons (Fsp3) is 0.227. The van der Waals surface area contributed by atoms with Gasteiger partial charge in [-0.2, -0.15) is 0 Å². The summed E-state index contributed by atoms with van der Waals surface area (Å²) in [6.07, 6.45) is -0.315. The number of hydrogen-bond acceptors (Lipinski definition) is 5. The third-order valence-corrected chi connectivity index (χ3v) is 4.72. The van der Waals surface area contributed by atoms with Gasteiger partial charge in [0.1, 0.15) is 19.3 Å². The molecule has 156 valence electrons. The van der Waals surface area contributed by atoms with Crippen molar-refractivity contribution in [3.63, 3.8) is 0 Å². The molecular weight excluding hydrogens is 388 g/mol. The second-order valence-corrected chi connectivity index (χ2v) is 6.63. The van der Waals surface area contributed by atoms with Crippen molar-refractivity contribution in [3.05, 3.63) is 72.3 Å². The highest BCUT2D eigenvalue weighted by molar-refractivity contribution is 5.81. The average Bonchev–Trinajstić information content (AvgIpc) is 3.07. The standard InChI is InChI=1S/C22H22N2O6/c1-2-11-29-21(27)23-12-19(20(25)26)24-22(28)30-13-18-16-9-5-3-7-14(16)15-8-4-6-10-17(15)18/h2-10,18-19H,1,11-13H2,(H,23,27)(H,24,28)(H,25,26)/t19-/m1/s1. The zero-order chi connectivity index (χ0) is 21.5. The number of benzene rings is 2. The van der Waals surface area contributed by atoms with Crippen LogP contribution in [0.15, 0.2) is 61.2 Å². The predicted molar refractivity (Wildman–Crippen MR) is 109 cm³/mol. The predicted octanol–water partition coefficient (Wildman–Crippen LogP) is 2.89. The van der Waals surface area contributed by atoms with Crippen molar-refractivity contribution in [1.29, 1.82) is 0 Å². The molecule has 0 aliphatic heterocycles. The Kier molecular flexibility index (Phi) is 6.69. The number of carboxylic acid groups (broad SMARTS) is 1. The van der Waals surface area contributed by atoms with Crippen LogP contribution in [-0.4, -0.2) is 49.1 Å². The van der Waals surface area contributed by atoms with Gasteiger partial charge >= 0.3 is 18.2 Å². The van der Waals surface area contributed by atoms with E-state index in [2.05, 4.69) is 17.2 Å². The van der Waals surface area contributed by atoms with Crippen LogP contribution in [0.3, 0.4) is 0 Å². The minimum atomic E-state index is -1.36. The van der Waals surface area contributed by atoms with E-state index in [1.165, 1.54) is 6.08 Å². The van der Waals surface area contributed by atoms with Crippen molar-refractivity contribution in [2.24, 2.45) is 0 Å². The Morgan fingerprint density at radius 2 is 1.60 bits per heavy atom. The summed E-state index contributed by atoms with van der Waals surface area (Å²) in [5.41, 5.74) is 4.28. The third-order valence-electron chi connectivity index (χ3n) is 4.72. The summed E-state index contributed by atoms with van der Waals surface area (Å²) < 4.78 is 10.0. The lowest BCUT2D eigenvalue weighted by atomic mass is 9.98. The highest BCUT2D eigenvalue weighted by atomic mass is 16.6. The highest BCUT2D eigenvalue weighted by Crippen LogP contribution is 2.44. The molecule has 0 radical (unpaired) electrons. The molecule has 8 nitrogen and oxygen atoms in total. The number of ether oxygens (including phenoxy) is 2. The molecule has 0 saturated heterocycles. The summed E-state index contributed by atoms with van der Waals surface area (Å²) in [6.45, 7) is 3.10. The molecule has 1 atom stereocenters. The van der Waals surface area contributed by atoms with Crippen LogP contribution < -0.4 is 10.6 Å². The molecule has 0 spiro atoms. The third kappa shape index (κ3) is 4.78. The average molecular weight is 410 g/mol. The normalized spacial score (nSPS) is 12.8. The molecule has 0 unspecified atom stereocenters. The van der Waals surface area contributed by atoms with Crippen LogP contribution in [0.2, 0.25) is 0 Å². The lowest BCUT2D eigenvalue weighted by molar-refractivity contribution is -0.139. The maximum atomic E-state index is 12.2. The second kappa shape index (κ2) is 9.60. The first-order valence-electron chi connectivity index (χ1n) is 9.37. The number of carboxylic acids is 1.